The van der Waals surface area contributed by atoms with Crippen LogP contribution in [0.1, 0.15) is 41.2 Å². The third-order valence-corrected chi connectivity index (χ3v) is 6.82. The van der Waals surface area contributed by atoms with Crippen molar-refractivity contribution in [3.8, 4) is 0 Å². The van der Waals surface area contributed by atoms with E-state index in [4.69, 9.17) is 25.8 Å². The van der Waals surface area contributed by atoms with Gasteiger partial charge in [-0.3, -0.25) is 0 Å². The molecule has 4 aromatic rings. The largest absolute Gasteiger partial charge is 0.445 e. The second kappa shape index (κ2) is 10.3. The van der Waals surface area contributed by atoms with E-state index in [9.17, 15) is 4.79 Å². The van der Waals surface area contributed by atoms with Gasteiger partial charge in [-0.2, -0.15) is 4.98 Å². The molecule has 0 spiro atoms. The van der Waals surface area contributed by atoms with Crippen molar-refractivity contribution in [1.82, 2.24) is 15.0 Å². The number of carbonyl (C=O) groups excluding carboxylic acids is 1. The van der Waals surface area contributed by atoms with Crippen molar-refractivity contribution in [2.24, 2.45) is 0 Å². The zero-order valence-electron chi connectivity index (χ0n) is 19.3. The summed E-state index contributed by atoms with van der Waals surface area (Å²) in [6.07, 6.45) is 1.59. The van der Waals surface area contributed by atoms with Crippen LogP contribution in [0.4, 0.5) is 4.79 Å². The molecule has 5 rings (SSSR count). The monoisotopic (exact) mass is 487 g/mol. The molecule has 0 N–H and O–H groups in total. The van der Waals surface area contributed by atoms with Gasteiger partial charge in [-0.25, -0.2) is 4.79 Å². The van der Waals surface area contributed by atoms with Gasteiger partial charge in [0.25, 0.3) is 0 Å². The number of rotatable bonds is 6. The number of carbonyl (C=O) groups is 1. The number of benzene rings is 3. The molecule has 0 bridgehead atoms. The molecule has 0 atom stereocenters. The van der Waals surface area contributed by atoms with E-state index in [1.165, 1.54) is 0 Å². The Labute approximate surface area is 209 Å². The van der Waals surface area contributed by atoms with Crippen molar-refractivity contribution in [2.45, 2.75) is 31.3 Å². The van der Waals surface area contributed by atoms with Crippen molar-refractivity contribution in [3.63, 3.8) is 0 Å². The molecule has 0 saturated carbocycles. The van der Waals surface area contributed by atoms with Crippen LogP contribution in [0.25, 0.3) is 0 Å². The van der Waals surface area contributed by atoms with Gasteiger partial charge < -0.3 is 14.2 Å². The molecule has 1 aliphatic heterocycles. The highest BCUT2D eigenvalue weighted by Gasteiger charge is 2.43. The number of hydrogen-bond acceptors (Lipinski definition) is 5. The third-order valence-electron chi connectivity index (χ3n) is 6.57. The summed E-state index contributed by atoms with van der Waals surface area (Å²) in [7, 11) is 0. The van der Waals surface area contributed by atoms with Gasteiger partial charge in [-0.1, -0.05) is 89.6 Å². The van der Waals surface area contributed by atoms with Gasteiger partial charge in [0.2, 0.25) is 5.89 Å². The molecule has 7 heteroatoms. The SMILES string of the molecule is O=C(OCc1ccccc1)N1CCC(c2ccccc2)(c2noc(Cc3ccc(Cl)cc3)n2)CC1. The summed E-state index contributed by atoms with van der Waals surface area (Å²) in [5, 5.41) is 5.09. The summed E-state index contributed by atoms with van der Waals surface area (Å²) in [6, 6.07) is 27.6. The Kier molecular flexibility index (Phi) is 6.82. The van der Waals surface area contributed by atoms with Crippen LogP contribution in [0.15, 0.2) is 89.5 Å². The molecule has 0 radical (unpaired) electrons. The van der Waals surface area contributed by atoms with Gasteiger partial charge >= 0.3 is 6.09 Å². The fourth-order valence-corrected chi connectivity index (χ4v) is 4.70. The van der Waals surface area contributed by atoms with Crippen LogP contribution in [0, 0.1) is 0 Å². The Hall–Kier alpha value is -3.64. The van der Waals surface area contributed by atoms with Crippen molar-refractivity contribution in [3.05, 3.63) is 118 Å². The summed E-state index contributed by atoms with van der Waals surface area (Å²) in [5.41, 5.74) is 2.71. The summed E-state index contributed by atoms with van der Waals surface area (Å²) in [4.78, 5) is 19.3. The third kappa shape index (κ3) is 5.23. The first-order valence-electron chi connectivity index (χ1n) is 11.7. The Morgan fingerprint density at radius 3 is 2.26 bits per heavy atom. The molecule has 1 aromatic heterocycles. The van der Waals surface area contributed by atoms with Crippen LogP contribution in [-0.4, -0.2) is 34.2 Å². The summed E-state index contributed by atoms with van der Waals surface area (Å²) < 4.78 is 11.2. The molecule has 1 aliphatic rings. The number of hydrogen-bond donors (Lipinski definition) is 0. The predicted molar refractivity (Wildman–Crippen MR) is 133 cm³/mol. The van der Waals surface area contributed by atoms with Crippen LogP contribution < -0.4 is 0 Å². The fourth-order valence-electron chi connectivity index (χ4n) is 4.58. The first-order chi connectivity index (χ1) is 17.1. The second-order valence-corrected chi connectivity index (χ2v) is 9.23. The molecule has 1 amide bonds. The fraction of sp³-hybridized carbons (Fsp3) is 0.250. The van der Waals surface area contributed by atoms with Crippen LogP contribution in [0.3, 0.4) is 0 Å². The first kappa shape index (κ1) is 23.1. The summed E-state index contributed by atoms with van der Waals surface area (Å²) in [6.45, 7) is 1.35. The van der Waals surface area contributed by atoms with Crippen LogP contribution in [0.2, 0.25) is 5.02 Å². The predicted octanol–water partition coefficient (Wildman–Crippen LogP) is 6.03. The molecule has 0 unspecified atom stereocenters. The quantitative estimate of drug-likeness (QED) is 0.332. The highest BCUT2D eigenvalue weighted by molar-refractivity contribution is 6.30. The molecule has 2 heterocycles. The van der Waals surface area contributed by atoms with Gasteiger partial charge in [-0.15, -0.1) is 0 Å². The number of halogens is 1. The van der Waals surface area contributed by atoms with E-state index in [0.29, 0.717) is 49.1 Å². The molecule has 178 valence electrons. The Morgan fingerprint density at radius 1 is 0.914 bits per heavy atom. The van der Waals surface area contributed by atoms with Crippen molar-refractivity contribution in [2.75, 3.05) is 13.1 Å². The molecule has 6 nitrogen and oxygen atoms in total. The van der Waals surface area contributed by atoms with E-state index in [2.05, 4.69) is 17.3 Å². The van der Waals surface area contributed by atoms with Crippen LogP contribution in [0.5, 0.6) is 0 Å². The minimum atomic E-state index is -0.431. The topological polar surface area (TPSA) is 68.5 Å². The molecular weight excluding hydrogens is 462 g/mol. The lowest BCUT2D eigenvalue weighted by Crippen LogP contribution is -2.46. The maximum atomic E-state index is 12.7. The van der Waals surface area contributed by atoms with E-state index in [0.717, 1.165) is 16.7 Å². The van der Waals surface area contributed by atoms with E-state index in [1.54, 1.807) is 4.90 Å². The average molecular weight is 488 g/mol. The standard InChI is InChI=1S/C28H26ClN3O3/c29-24-13-11-21(12-14-24)19-25-30-26(31-35-25)28(23-9-5-2-6-10-23)15-17-32(18-16-28)27(33)34-20-22-7-3-1-4-8-22/h1-14H,15-20H2. The lowest BCUT2D eigenvalue weighted by Gasteiger charge is -2.39. The first-order valence-corrected chi connectivity index (χ1v) is 12.1. The summed E-state index contributed by atoms with van der Waals surface area (Å²) >= 11 is 6.00. The van der Waals surface area contributed by atoms with Gasteiger partial charge in [0.05, 0.1) is 11.8 Å². The number of likely N-dealkylation sites (tertiary alicyclic amines) is 1. The molecular formula is C28H26ClN3O3. The zero-order chi connectivity index (χ0) is 24.1. The number of amides is 1. The highest BCUT2D eigenvalue weighted by Crippen LogP contribution is 2.40. The van der Waals surface area contributed by atoms with Crippen molar-refractivity contribution < 1.29 is 14.1 Å². The Balaban J connectivity index is 1.31. The van der Waals surface area contributed by atoms with E-state index < -0.39 is 5.41 Å². The van der Waals surface area contributed by atoms with E-state index >= 15 is 0 Å². The highest BCUT2D eigenvalue weighted by atomic mass is 35.5. The minimum absolute atomic E-state index is 0.263. The van der Waals surface area contributed by atoms with Gasteiger partial charge in [-0.05, 0) is 41.7 Å². The van der Waals surface area contributed by atoms with Crippen molar-refractivity contribution >= 4 is 17.7 Å². The molecule has 0 aliphatic carbocycles. The normalized spacial score (nSPS) is 15.1. The number of piperidine rings is 1. The van der Waals surface area contributed by atoms with Gasteiger partial charge in [0.15, 0.2) is 5.82 Å². The minimum Gasteiger partial charge on any atom is -0.445 e. The average Bonchev–Trinajstić information content (AvgIpc) is 3.39. The Morgan fingerprint density at radius 2 is 1.57 bits per heavy atom. The van der Waals surface area contributed by atoms with Gasteiger partial charge in [0, 0.05) is 18.1 Å². The summed E-state index contributed by atoms with van der Waals surface area (Å²) in [5.74, 6) is 1.22. The Bertz CT molecular complexity index is 1250. The number of aromatic nitrogens is 2. The van der Waals surface area contributed by atoms with Crippen LogP contribution in [-0.2, 0) is 23.2 Å². The van der Waals surface area contributed by atoms with Crippen LogP contribution >= 0.6 is 11.6 Å². The zero-order valence-corrected chi connectivity index (χ0v) is 20.0. The molecule has 1 fully saturated rings. The number of ether oxygens (including phenoxy) is 1. The maximum absolute atomic E-state index is 12.7. The number of nitrogens with zero attached hydrogens (tertiary/aromatic N) is 3. The van der Waals surface area contributed by atoms with E-state index in [-0.39, 0.29) is 12.7 Å². The van der Waals surface area contributed by atoms with Gasteiger partial charge in [0.1, 0.15) is 6.61 Å². The lowest BCUT2D eigenvalue weighted by molar-refractivity contribution is 0.0803. The lowest BCUT2D eigenvalue weighted by atomic mass is 9.72. The molecule has 1 saturated heterocycles. The maximum Gasteiger partial charge on any atom is 0.410 e. The van der Waals surface area contributed by atoms with Crippen molar-refractivity contribution in [1.29, 1.82) is 0 Å². The van der Waals surface area contributed by atoms with E-state index in [1.807, 2.05) is 72.8 Å². The smallest absolute Gasteiger partial charge is 0.410 e. The molecule has 3 aromatic carbocycles. The molecule has 35 heavy (non-hydrogen) atoms. The second-order valence-electron chi connectivity index (χ2n) is 8.79.